The summed E-state index contributed by atoms with van der Waals surface area (Å²) >= 11 is 0. The summed E-state index contributed by atoms with van der Waals surface area (Å²) < 4.78 is 13.2. The summed E-state index contributed by atoms with van der Waals surface area (Å²) in [6.07, 6.45) is 1.64. The lowest BCUT2D eigenvalue weighted by atomic mass is 10.0. The highest BCUT2D eigenvalue weighted by molar-refractivity contribution is 5.92. The van der Waals surface area contributed by atoms with E-state index in [0.717, 1.165) is 22.4 Å². The van der Waals surface area contributed by atoms with Gasteiger partial charge in [0.05, 0.1) is 19.1 Å². The molecule has 0 spiro atoms. The van der Waals surface area contributed by atoms with Crippen molar-refractivity contribution in [3.8, 4) is 11.5 Å². The number of benzene rings is 2. The molecule has 0 saturated carbocycles. The predicted octanol–water partition coefficient (Wildman–Crippen LogP) is 3.24. The highest BCUT2D eigenvalue weighted by Gasteiger charge is 2.28. The van der Waals surface area contributed by atoms with Gasteiger partial charge < -0.3 is 14.8 Å². The molecule has 9 nitrogen and oxygen atoms in total. The van der Waals surface area contributed by atoms with Crippen LogP contribution in [0.5, 0.6) is 11.5 Å². The van der Waals surface area contributed by atoms with Crippen LogP contribution < -0.4 is 20.1 Å². The molecule has 0 aliphatic carbocycles. The Bertz CT molecular complexity index is 1140. The minimum absolute atomic E-state index is 0.128. The Kier molecular flexibility index (Phi) is 6.07. The van der Waals surface area contributed by atoms with Gasteiger partial charge in [0.2, 0.25) is 11.9 Å². The average Bonchev–Trinajstić information content (AvgIpc) is 3.20. The maximum Gasteiger partial charge on any atom is 0.262 e. The third-order valence-electron chi connectivity index (χ3n) is 5.01. The van der Waals surface area contributed by atoms with Crippen LogP contribution in [-0.2, 0) is 9.59 Å². The smallest absolute Gasteiger partial charge is 0.262 e. The second kappa shape index (κ2) is 9.09. The second-order valence-electron chi connectivity index (χ2n) is 7.65. The molecule has 0 radical (unpaired) electrons. The van der Waals surface area contributed by atoms with E-state index in [1.807, 2.05) is 51.1 Å². The van der Waals surface area contributed by atoms with Gasteiger partial charge in [-0.15, -0.1) is 0 Å². The van der Waals surface area contributed by atoms with Gasteiger partial charge in [-0.3, -0.25) is 14.9 Å². The number of aromatic nitrogens is 3. The van der Waals surface area contributed by atoms with Crippen LogP contribution in [0, 0.1) is 13.8 Å². The molecule has 2 N–H and O–H groups in total. The Morgan fingerprint density at radius 1 is 1.16 bits per heavy atom. The molecule has 0 unspecified atom stereocenters. The lowest BCUT2D eigenvalue weighted by Gasteiger charge is -2.24. The van der Waals surface area contributed by atoms with Crippen LogP contribution in [0.4, 0.5) is 11.6 Å². The summed E-state index contributed by atoms with van der Waals surface area (Å²) in [6, 6.07) is 11.0. The lowest BCUT2D eigenvalue weighted by Crippen LogP contribution is -2.29. The van der Waals surface area contributed by atoms with Crippen molar-refractivity contribution in [2.45, 2.75) is 33.2 Å². The van der Waals surface area contributed by atoms with Crippen molar-refractivity contribution in [2.24, 2.45) is 0 Å². The van der Waals surface area contributed by atoms with Crippen LogP contribution >= 0.6 is 0 Å². The van der Waals surface area contributed by atoms with Crippen molar-refractivity contribution in [3.63, 3.8) is 0 Å². The first-order valence-corrected chi connectivity index (χ1v) is 10.4. The molecule has 4 rings (SSSR count). The van der Waals surface area contributed by atoms with E-state index >= 15 is 0 Å². The van der Waals surface area contributed by atoms with E-state index in [2.05, 4.69) is 20.7 Å². The monoisotopic (exact) mass is 435 g/mol. The second-order valence-corrected chi connectivity index (χ2v) is 7.65. The van der Waals surface area contributed by atoms with E-state index in [1.165, 1.54) is 6.33 Å². The summed E-state index contributed by atoms with van der Waals surface area (Å²) in [5, 5.41) is 9.78. The molecule has 0 fully saturated rings. The Hall–Kier alpha value is -3.88. The Morgan fingerprint density at radius 2 is 1.94 bits per heavy atom. The molecule has 1 aliphatic heterocycles. The van der Waals surface area contributed by atoms with Crippen LogP contribution in [0.3, 0.4) is 0 Å². The SMILES string of the molecule is CCOc1cc([C@H]2CC(=O)Nc3ncnn32)ccc1OCC(=O)Nc1cc(C)cc(C)c1. The molecule has 3 aromatic rings. The number of rotatable bonds is 7. The fourth-order valence-electron chi connectivity index (χ4n) is 3.77. The fraction of sp³-hybridized carbons (Fsp3) is 0.304. The van der Waals surface area contributed by atoms with Crippen molar-refractivity contribution in [1.29, 1.82) is 0 Å². The first-order chi connectivity index (χ1) is 15.4. The van der Waals surface area contributed by atoms with E-state index < -0.39 is 0 Å². The van der Waals surface area contributed by atoms with Gasteiger partial charge in [0.1, 0.15) is 6.33 Å². The molecular weight excluding hydrogens is 410 g/mol. The normalized spacial score (nSPS) is 15.0. The van der Waals surface area contributed by atoms with Crippen molar-refractivity contribution >= 4 is 23.5 Å². The fourth-order valence-corrected chi connectivity index (χ4v) is 3.77. The number of amides is 2. The van der Waals surface area contributed by atoms with Crippen molar-refractivity contribution in [1.82, 2.24) is 14.8 Å². The van der Waals surface area contributed by atoms with E-state index in [4.69, 9.17) is 9.47 Å². The summed E-state index contributed by atoms with van der Waals surface area (Å²) in [5.74, 6) is 0.962. The third-order valence-corrected chi connectivity index (χ3v) is 5.01. The number of aryl methyl sites for hydroxylation is 2. The van der Waals surface area contributed by atoms with Crippen LogP contribution in [0.1, 0.15) is 36.1 Å². The Labute approximate surface area is 185 Å². The average molecular weight is 435 g/mol. The number of ether oxygens (including phenoxy) is 2. The zero-order valence-electron chi connectivity index (χ0n) is 18.2. The minimum Gasteiger partial charge on any atom is -0.490 e. The maximum absolute atomic E-state index is 12.4. The van der Waals surface area contributed by atoms with Crippen molar-refractivity contribution in [3.05, 3.63) is 59.4 Å². The zero-order chi connectivity index (χ0) is 22.7. The molecule has 0 saturated heterocycles. The van der Waals surface area contributed by atoms with Crippen LogP contribution in [0.15, 0.2) is 42.7 Å². The Morgan fingerprint density at radius 3 is 2.69 bits per heavy atom. The van der Waals surface area contributed by atoms with Gasteiger partial charge in [-0.25, -0.2) is 4.68 Å². The first kappa shape index (κ1) is 21.4. The predicted molar refractivity (Wildman–Crippen MR) is 119 cm³/mol. The molecule has 2 heterocycles. The minimum atomic E-state index is -0.303. The van der Waals surface area contributed by atoms with Gasteiger partial charge in [0, 0.05) is 5.69 Å². The molecule has 32 heavy (non-hydrogen) atoms. The topological polar surface area (TPSA) is 107 Å². The summed E-state index contributed by atoms with van der Waals surface area (Å²) in [7, 11) is 0. The number of hydrogen-bond donors (Lipinski definition) is 2. The van der Waals surface area contributed by atoms with Crippen LogP contribution in [-0.4, -0.2) is 39.8 Å². The van der Waals surface area contributed by atoms with E-state index in [0.29, 0.717) is 24.1 Å². The first-order valence-electron chi connectivity index (χ1n) is 10.4. The lowest BCUT2D eigenvalue weighted by molar-refractivity contribution is -0.118. The number of anilines is 2. The highest BCUT2D eigenvalue weighted by Crippen LogP contribution is 2.35. The standard InChI is InChI=1S/C23H25N5O4/c1-4-31-20-10-16(18-11-21(29)27-23-24-13-25-28(18)23)5-6-19(20)32-12-22(30)26-17-8-14(2)7-15(3)9-17/h5-10,13,18H,4,11-12H2,1-3H3,(H,26,30)(H,24,25,27,29)/t18-/m1/s1. The molecular formula is C23H25N5O4. The quantitative estimate of drug-likeness (QED) is 0.590. The maximum atomic E-state index is 12.4. The number of hydrogen-bond acceptors (Lipinski definition) is 6. The van der Waals surface area contributed by atoms with Crippen molar-refractivity contribution < 1.29 is 19.1 Å². The number of carbonyl (C=O) groups is 2. The van der Waals surface area contributed by atoms with Gasteiger partial charge >= 0.3 is 0 Å². The molecule has 9 heteroatoms. The Balaban J connectivity index is 1.49. The molecule has 166 valence electrons. The zero-order valence-corrected chi connectivity index (χ0v) is 18.2. The molecule has 2 amide bonds. The largest absolute Gasteiger partial charge is 0.490 e. The number of nitrogens with zero attached hydrogens (tertiary/aromatic N) is 3. The molecule has 1 atom stereocenters. The highest BCUT2D eigenvalue weighted by atomic mass is 16.5. The molecule has 2 aromatic carbocycles. The van der Waals surface area contributed by atoms with Crippen LogP contribution in [0.25, 0.3) is 0 Å². The van der Waals surface area contributed by atoms with Gasteiger partial charge in [-0.2, -0.15) is 10.1 Å². The molecule has 0 bridgehead atoms. The summed E-state index contributed by atoms with van der Waals surface area (Å²) in [4.78, 5) is 28.5. The molecule has 1 aromatic heterocycles. The number of carbonyl (C=O) groups excluding carboxylic acids is 2. The van der Waals surface area contributed by atoms with Gasteiger partial charge in [0.25, 0.3) is 5.91 Å². The van der Waals surface area contributed by atoms with Crippen molar-refractivity contribution in [2.75, 3.05) is 23.8 Å². The van der Waals surface area contributed by atoms with Gasteiger partial charge in [-0.05, 0) is 61.7 Å². The van der Waals surface area contributed by atoms with Gasteiger partial charge in [0.15, 0.2) is 18.1 Å². The summed E-state index contributed by atoms with van der Waals surface area (Å²) in [6.45, 7) is 6.09. The number of nitrogens with one attached hydrogen (secondary N) is 2. The number of fused-ring (bicyclic) bond motifs is 1. The van der Waals surface area contributed by atoms with Gasteiger partial charge in [-0.1, -0.05) is 12.1 Å². The van der Waals surface area contributed by atoms with Crippen LogP contribution in [0.2, 0.25) is 0 Å². The summed E-state index contributed by atoms with van der Waals surface area (Å²) in [5.41, 5.74) is 3.71. The van der Waals surface area contributed by atoms with E-state index in [9.17, 15) is 9.59 Å². The molecule has 1 aliphatic rings. The third kappa shape index (κ3) is 4.72. The van der Waals surface area contributed by atoms with E-state index in [-0.39, 0.29) is 30.9 Å². The van der Waals surface area contributed by atoms with E-state index in [1.54, 1.807) is 10.7 Å².